The van der Waals surface area contributed by atoms with Crippen LogP contribution in [0.2, 0.25) is 0 Å². The SMILES string of the molecule is c1cc(CN2CCNCC2CCCc2c[nH]c3ccc(-n4cnnc4)cc23)ccn1. The zero-order chi connectivity index (χ0) is 20.2. The first kappa shape index (κ1) is 19.0. The topological polar surface area (TPSA) is 74.7 Å². The fourth-order valence-electron chi connectivity index (χ4n) is 4.41. The fraction of sp³-hybridized carbons (Fsp3) is 0.348. The van der Waals surface area contributed by atoms with Gasteiger partial charge < -0.3 is 10.3 Å². The Morgan fingerprint density at radius 3 is 2.80 bits per heavy atom. The lowest BCUT2D eigenvalue weighted by Crippen LogP contribution is -2.50. The number of nitrogens with zero attached hydrogens (tertiary/aromatic N) is 5. The molecule has 4 aromatic rings. The van der Waals surface area contributed by atoms with Gasteiger partial charge >= 0.3 is 0 Å². The quantitative estimate of drug-likeness (QED) is 0.498. The van der Waals surface area contributed by atoms with E-state index in [1.807, 2.05) is 17.0 Å². The molecule has 4 heterocycles. The predicted molar refractivity (Wildman–Crippen MR) is 117 cm³/mol. The Balaban J connectivity index is 1.24. The maximum atomic E-state index is 4.14. The van der Waals surface area contributed by atoms with Crippen LogP contribution in [0.4, 0.5) is 0 Å². The van der Waals surface area contributed by atoms with Crippen molar-refractivity contribution in [2.45, 2.75) is 31.8 Å². The molecule has 1 atom stereocenters. The number of aromatic amines is 1. The summed E-state index contributed by atoms with van der Waals surface area (Å²) in [5.41, 5.74) is 4.99. The maximum absolute atomic E-state index is 4.14. The van der Waals surface area contributed by atoms with Crippen LogP contribution in [0, 0.1) is 0 Å². The Labute approximate surface area is 176 Å². The monoisotopic (exact) mass is 401 g/mol. The first-order chi connectivity index (χ1) is 14.9. The Kier molecular flexibility index (Phi) is 5.54. The smallest absolute Gasteiger partial charge is 0.123 e. The number of hydrogen-bond acceptors (Lipinski definition) is 5. The van der Waals surface area contributed by atoms with Crippen LogP contribution in [0.25, 0.3) is 16.6 Å². The van der Waals surface area contributed by atoms with Gasteiger partial charge in [-0.15, -0.1) is 10.2 Å². The second-order valence-corrected chi connectivity index (χ2v) is 7.99. The summed E-state index contributed by atoms with van der Waals surface area (Å²) >= 11 is 0. The summed E-state index contributed by atoms with van der Waals surface area (Å²) in [7, 11) is 0. The lowest BCUT2D eigenvalue weighted by Gasteiger charge is -2.36. The highest BCUT2D eigenvalue weighted by Crippen LogP contribution is 2.24. The van der Waals surface area contributed by atoms with Crippen molar-refractivity contribution in [3.63, 3.8) is 0 Å². The van der Waals surface area contributed by atoms with Crippen molar-refractivity contribution < 1.29 is 0 Å². The summed E-state index contributed by atoms with van der Waals surface area (Å²) in [5.74, 6) is 0. The Bertz CT molecular complexity index is 1070. The van der Waals surface area contributed by atoms with Crippen LogP contribution in [0.3, 0.4) is 0 Å². The molecule has 0 saturated carbocycles. The van der Waals surface area contributed by atoms with Crippen LogP contribution in [0.1, 0.15) is 24.0 Å². The minimum atomic E-state index is 0.574. The van der Waals surface area contributed by atoms with Crippen LogP contribution in [-0.4, -0.2) is 55.3 Å². The first-order valence-corrected chi connectivity index (χ1v) is 10.7. The van der Waals surface area contributed by atoms with Crippen molar-refractivity contribution in [2.24, 2.45) is 0 Å². The van der Waals surface area contributed by atoms with Gasteiger partial charge in [-0.3, -0.25) is 14.5 Å². The number of rotatable bonds is 7. The minimum Gasteiger partial charge on any atom is -0.361 e. The third kappa shape index (κ3) is 4.13. The summed E-state index contributed by atoms with van der Waals surface area (Å²) in [6.45, 7) is 4.24. The van der Waals surface area contributed by atoms with Gasteiger partial charge in [0, 0.05) is 67.4 Å². The Morgan fingerprint density at radius 1 is 1.07 bits per heavy atom. The molecule has 0 spiro atoms. The Morgan fingerprint density at radius 2 is 1.93 bits per heavy atom. The average Bonchev–Trinajstić information content (AvgIpc) is 3.46. The lowest BCUT2D eigenvalue weighted by atomic mass is 10.0. The summed E-state index contributed by atoms with van der Waals surface area (Å²) in [5, 5.41) is 12.7. The number of benzene rings is 1. The fourth-order valence-corrected chi connectivity index (χ4v) is 4.41. The van der Waals surface area contributed by atoms with Crippen molar-refractivity contribution in [1.29, 1.82) is 0 Å². The number of H-pyrrole nitrogens is 1. The minimum absolute atomic E-state index is 0.574. The normalized spacial score (nSPS) is 17.5. The molecule has 0 amide bonds. The number of pyridine rings is 1. The molecule has 5 rings (SSSR count). The van der Waals surface area contributed by atoms with Crippen LogP contribution < -0.4 is 5.32 Å². The van der Waals surface area contributed by atoms with Crippen LogP contribution in [0.15, 0.2) is 61.6 Å². The molecule has 1 aromatic carbocycles. The van der Waals surface area contributed by atoms with Crippen molar-refractivity contribution in [2.75, 3.05) is 19.6 Å². The van der Waals surface area contributed by atoms with Crippen LogP contribution in [-0.2, 0) is 13.0 Å². The molecule has 30 heavy (non-hydrogen) atoms. The molecule has 0 radical (unpaired) electrons. The third-order valence-electron chi connectivity index (χ3n) is 6.06. The Hall–Kier alpha value is -3.03. The molecule has 3 aromatic heterocycles. The molecular weight excluding hydrogens is 374 g/mol. The molecule has 1 saturated heterocycles. The van der Waals surface area contributed by atoms with E-state index < -0.39 is 0 Å². The highest BCUT2D eigenvalue weighted by atomic mass is 15.2. The number of piperazine rings is 1. The molecule has 1 unspecified atom stereocenters. The molecule has 7 nitrogen and oxygen atoms in total. The second-order valence-electron chi connectivity index (χ2n) is 7.99. The van der Waals surface area contributed by atoms with Gasteiger partial charge in [-0.1, -0.05) is 0 Å². The molecule has 0 bridgehead atoms. The zero-order valence-electron chi connectivity index (χ0n) is 17.0. The van der Waals surface area contributed by atoms with E-state index in [-0.39, 0.29) is 0 Å². The molecule has 1 aliphatic heterocycles. The molecule has 7 heteroatoms. The third-order valence-corrected chi connectivity index (χ3v) is 6.06. The first-order valence-electron chi connectivity index (χ1n) is 10.7. The van der Waals surface area contributed by atoms with Gasteiger partial charge in [0.25, 0.3) is 0 Å². The highest BCUT2D eigenvalue weighted by Gasteiger charge is 2.22. The van der Waals surface area contributed by atoms with Gasteiger partial charge in [0.2, 0.25) is 0 Å². The van der Waals surface area contributed by atoms with E-state index in [0.29, 0.717) is 6.04 Å². The number of aromatic nitrogens is 5. The average molecular weight is 402 g/mol. The van der Waals surface area contributed by atoms with Crippen LogP contribution in [0.5, 0.6) is 0 Å². The largest absolute Gasteiger partial charge is 0.361 e. The van der Waals surface area contributed by atoms with Crippen LogP contribution >= 0.6 is 0 Å². The standard InChI is InChI=1S/C23H27N7/c1(3-21-14-25-10-11-29(21)15-18-6-8-24-9-7-18)2-19-13-26-23-5-4-20(12-22(19)23)30-16-27-28-17-30/h4-9,12-13,16-17,21,25-26H,1-3,10-11,14-15H2. The van der Waals surface area contributed by atoms with Crippen molar-refractivity contribution in [1.82, 2.24) is 34.9 Å². The van der Waals surface area contributed by atoms with E-state index >= 15 is 0 Å². The van der Waals surface area contributed by atoms with E-state index in [1.165, 1.54) is 34.9 Å². The van der Waals surface area contributed by atoms with E-state index in [2.05, 4.69) is 66.9 Å². The van der Waals surface area contributed by atoms with Crippen molar-refractivity contribution >= 4 is 10.9 Å². The van der Waals surface area contributed by atoms with Gasteiger partial charge in [0.1, 0.15) is 12.7 Å². The van der Waals surface area contributed by atoms with Gasteiger partial charge in [0.05, 0.1) is 0 Å². The maximum Gasteiger partial charge on any atom is 0.123 e. The molecule has 1 fully saturated rings. The number of hydrogen-bond donors (Lipinski definition) is 2. The van der Waals surface area contributed by atoms with E-state index in [1.54, 1.807) is 12.7 Å². The second kappa shape index (κ2) is 8.77. The van der Waals surface area contributed by atoms with Gasteiger partial charge in [-0.25, -0.2) is 0 Å². The van der Waals surface area contributed by atoms with Gasteiger partial charge in [0.15, 0.2) is 0 Å². The van der Waals surface area contributed by atoms with Gasteiger partial charge in [-0.05, 0) is 60.7 Å². The molecule has 1 aliphatic rings. The summed E-state index contributed by atoms with van der Waals surface area (Å²) in [6, 6.07) is 11.3. The molecule has 154 valence electrons. The molecular formula is C23H27N7. The number of fused-ring (bicyclic) bond motifs is 1. The molecule has 2 N–H and O–H groups in total. The van der Waals surface area contributed by atoms with Crippen molar-refractivity contribution in [3.05, 3.63) is 72.7 Å². The predicted octanol–water partition coefficient (Wildman–Crippen LogP) is 2.94. The zero-order valence-corrected chi connectivity index (χ0v) is 17.0. The van der Waals surface area contributed by atoms with Crippen molar-refractivity contribution in [3.8, 4) is 5.69 Å². The van der Waals surface area contributed by atoms with E-state index in [9.17, 15) is 0 Å². The number of aryl methyl sites for hydroxylation is 1. The highest BCUT2D eigenvalue weighted by molar-refractivity contribution is 5.85. The van der Waals surface area contributed by atoms with E-state index in [0.717, 1.165) is 38.3 Å². The van der Waals surface area contributed by atoms with E-state index in [4.69, 9.17) is 0 Å². The van der Waals surface area contributed by atoms with Gasteiger partial charge in [-0.2, -0.15) is 0 Å². The lowest BCUT2D eigenvalue weighted by molar-refractivity contribution is 0.143. The summed E-state index contributed by atoms with van der Waals surface area (Å²) < 4.78 is 1.95. The number of nitrogens with one attached hydrogen (secondary N) is 2. The summed E-state index contributed by atoms with van der Waals surface area (Å²) in [6.07, 6.45) is 12.8. The molecule has 0 aliphatic carbocycles. The summed E-state index contributed by atoms with van der Waals surface area (Å²) in [4.78, 5) is 10.2.